The highest BCUT2D eigenvalue weighted by molar-refractivity contribution is 6.14. The number of aromatic nitrogens is 3. The quantitative estimate of drug-likeness (QED) is 0.164. The highest BCUT2D eigenvalue weighted by Gasteiger charge is 2.19. The van der Waals surface area contributed by atoms with Crippen LogP contribution >= 0.6 is 0 Å². The molecule has 0 unspecified atom stereocenters. The van der Waals surface area contributed by atoms with Gasteiger partial charge in [0.2, 0.25) is 0 Å². The second-order valence-electron chi connectivity index (χ2n) is 14.7. The average molecular weight is 742 g/mol. The molecule has 0 saturated heterocycles. The van der Waals surface area contributed by atoms with Crippen molar-refractivity contribution in [3.63, 3.8) is 0 Å². The molecular formula is C53H31N3O2. The summed E-state index contributed by atoms with van der Waals surface area (Å²) >= 11 is 0. The van der Waals surface area contributed by atoms with Gasteiger partial charge in [-0.15, -0.1) is 0 Å². The van der Waals surface area contributed by atoms with Crippen molar-refractivity contribution < 1.29 is 8.83 Å². The van der Waals surface area contributed by atoms with Crippen LogP contribution in [0.1, 0.15) is 0 Å². The predicted molar refractivity (Wildman–Crippen MR) is 237 cm³/mol. The Morgan fingerprint density at radius 3 is 1.81 bits per heavy atom. The van der Waals surface area contributed by atoms with Gasteiger partial charge in [0.15, 0.2) is 17.5 Å². The van der Waals surface area contributed by atoms with Gasteiger partial charge < -0.3 is 8.83 Å². The van der Waals surface area contributed by atoms with Gasteiger partial charge in [-0.3, -0.25) is 0 Å². The first-order chi connectivity index (χ1) is 28.7. The summed E-state index contributed by atoms with van der Waals surface area (Å²) in [5.41, 5.74) is 10.3. The summed E-state index contributed by atoms with van der Waals surface area (Å²) in [6.45, 7) is 0. The lowest BCUT2D eigenvalue weighted by Crippen LogP contribution is -2.00. The van der Waals surface area contributed by atoms with E-state index in [4.69, 9.17) is 23.8 Å². The van der Waals surface area contributed by atoms with Gasteiger partial charge >= 0.3 is 0 Å². The molecule has 0 aliphatic heterocycles. The molecule has 12 aromatic rings. The maximum atomic E-state index is 6.48. The zero-order valence-electron chi connectivity index (χ0n) is 31.1. The van der Waals surface area contributed by atoms with Gasteiger partial charge in [0.05, 0.1) is 5.56 Å². The van der Waals surface area contributed by atoms with Gasteiger partial charge in [-0.25, -0.2) is 15.0 Å². The molecule has 0 bridgehead atoms. The molecular weight excluding hydrogens is 711 g/mol. The Morgan fingerprint density at radius 2 is 0.914 bits per heavy atom. The Kier molecular flexibility index (Phi) is 7.16. The van der Waals surface area contributed by atoms with Crippen LogP contribution in [0.5, 0.6) is 0 Å². The molecule has 0 saturated carbocycles. The number of hydrogen-bond donors (Lipinski definition) is 0. The number of benzene rings is 9. The summed E-state index contributed by atoms with van der Waals surface area (Å²) < 4.78 is 12.9. The van der Waals surface area contributed by atoms with E-state index in [0.29, 0.717) is 17.5 Å². The number of hydrogen-bond acceptors (Lipinski definition) is 5. The van der Waals surface area contributed by atoms with Crippen molar-refractivity contribution >= 4 is 65.4 Å². The molecule has 0 spiro atoms. The number of fused-ring (bicyclic) bond motifs is 9. The highest BCUT2D eigenvalue weighted by Crippen LogP contribution is 2.39. The van der Waals surface area contributed by atoms with E-state index in [1.165, 1.54) is 32.7 Å². The van der Waals surface area contributed by atoms with Crippen LogP contribution in [0.15, 0.2) is 197 Å². The molecule has 0 amide bonds. The first-order valence-corrected chi connectivity index (χ1v) is 19.4. The van der Waals surface area contributed by atoms with E-state index in [1.807, 2.05) is 42.5 Å². The van der Waals surface area contributed by atoms with Crippen molar-refractivity contribution in [2.24, 2.45) is 0 Å². The van der Waals surface area contributed by atoms with Gasteiger partial charge in [0, 0.05) is 32.7 Å². The van der Waals surface area contributed by atoms with Crippen molar-refractivity contribution in [2.45, 2.75) is 0 Å². The SMILES string of the molecule is c1ccc(-c2ccc3oc4cc(-c5nc(-c6ccc(-c7cccc8ccc9ccccc9c78)cc6)nc(-c6cccc7c6oc6ccccc67)n5)ccc4c3c2)cc1. The summed E-state index contributed by atoms with van der Waals surface area (Å²) in [7, 11) is 0. The van der Waals surface area contributed by atoms with E-state index in [-0.39, 0.29) is 0 Å². The van der Waals surface area contributed by atoms with Crippen LogP contribution in [0, 0.1) is 0 Å². The molecule has 58 heavy (non-hydrogen) atoms. The van der Waals surface area contributed by atoms with Gasteiger partial charge in [0.25, 0.3) is 0 Å². The Hall–Kier alpha value is -7.89. The first kappa shape index (κ1) is 32.4. The first-order valence-electron chi connectivity index (χ1n) is 19.4. The summed E-state index contributed by atoms with van der Waals surface area (Å²) in [5.74, 6) is 1.65. The maximum Gasteiger partial charge on any atom is 0.167 e. The van der Waals surface area contributed by atoms with Crippen LogP contribution < -0.4 is 0 Å². The topological polar surface area (TPSA) is 65.0 Å². The molecule has 0 radical (unpaired) electrons. The standard InChI is InChI=1S/C53H31N3O2/c1-2-10-32(11-3-1)37-27-29-47-45(30-37)42-28-26-38(31-48(42)57-47)52-54-51(55-53(56-52)44-18-9-17-43-41-15-6-7-19-46(41)58-50(43)44)36-24-21-34(22-25-36)40-16-8-13-35-23-20-33-12-4-5-14-39(33)49(35)40/h1-31H. The van der Waals surface area contributed by atoms with Crippen LogP contribution in [0.3, 0.4) is 0 Å². The van der Waals surface area contributed by atoms with Gasteiger partial charge in [0.1, 0.15) is 22.3 Å². The molecule has 0 atom stereocenters. The fraction of sp³-hybridized carbons (Fsp3) is 0. The molecule has 5 nitrogen and oxygen atoms in total. The minimum Gasteiger partial charge on any atom is -0.456 e. The number of furan rings is 2. The third kappa shape index (κ3) is 5.21. The fourth-order valence-electron chi connectivity index (χ4n) is 8.50. The third-order valence-corrected chi connectivity index (χ3v) is 11.3. The monoisotopic (exact) mass is 741 g/mol. The molecule has 3 heterocycles. The Morgan fingerprint density at radius 1 is 0.293 bits per heavy atom. The highest BCUT2D eigenvalue weighted by atomic mass is 16.3. The van der Waals surface area contributed by atoms with Crippen molar-refractivity contribution in [1.82, 2.24) is 15.0 Å². The van der Waals surface area contributed by atoms with Crippen LogP contribution in [-0.4, -0.2) is 15.0 Å². The molecule has 0 aliphatic rings. The lowest BCUT2D eigenvalue weighted by atomic mass is 9.93. The Labute approximate surface area is 332 Å². The second-order valence-corrected chi connectivity index (χ2v) is 14.7. The van der Waals surface area contributed by atoms with E-state index < -0.39 is 0 Å². The Balaban J connectivity index is 1.01. The Bertz CT molecular complexity index is 3570. The maximum absolute atomic E-state index is 6.48. The second kappa shape index (κ2) is 12.8. The lowest BCUT2D eigenvalue weighted by Gasteiger charge is -2.12. The van der Waals surface area contributed by atoms with Gasteiger partial charge in [-0.05, 0) is 80.2 Å². The van der Waals surface area contributed by atoms with Crippen molar-refractivity contribution in [3.8, 4) is 56.4 Å². The van der Waals surface area contributed by atoms with Crippen LogP contribution in [0.2, 0.25) is 0 Å². The van der Waals surface area contributed by atoms with Crippen LogP contribution in [0.25, 0.3) is 122 Å². The number of para-hydroxylation sites is 2. The lowest BCUT2D eigenvalue weighted by molar-refractivity contribution is 0.668. The number of nitrogens with zero attached hydrogens (tertiary/aromatic N) is 3. The molecule has 3 aromatic heterocycles. The van der Waals surface area contributed by atoms with E-state index in [0.717, 1.165) is 71.7 Å². The molecule has 270 valence electrons. The van der Waals surface area contributed by atoms with Gasteiger partial charge in [-0.2, -0.15) is 0 Å². The summed E-state index contributed by atoms with van der Waals surface area (Å²) in [4.78, 5) is 15.4. The molecule has 9 aromatic carbocycles. The average Bonchev–Trinajstić information content (AvgIpc) is 3.87. The van der Waals surface area contributed by atoms with E-state index in [9.17, 15) is 0 Å². The molecule has 0 fully saturated rings. The molecule has 5 heteroatoms. The van der Waals surface area contributed by atoms with Crippen LogP contribution in [-0.2, 0) is 0 Å². The molecule has 12 rings (SSSR count). The van der Waals surface area contributed by atoms with E-state index in [2.05, 4.69) is 146 Å². The van der Waals surface area contributed by atoms with E-state index in [1.54, 1.807) is 0 Å². The predicted octanol–water partition coefficient (Wildman–Crippen LogP) is 14.3. The minimum atomic E-state index is 0.534. The fourth-order valence-corrected chi connectivity index (χ4v) is 8.50. The zero-order chi connectivity index (χ0) is 38.2. The molecule has 0 aliphatic carbocycles. The molecule has 0 N–H and O–H groups in total. The largest absolute Gasteiger partial charge is 0.456 e. The summed E-state index contributed by atoms with van der Waals surface area (Å²) in [6, 6.07) is 65.3. The van der Waals surface area contributed by atoms with Gasteiger partial charge in [-0.1, -0.05) is 152 Å². The normalized spacial score (nSPS) is 11.8. The third-order valence-electron chi connectivity index (χ3n) is 11.3. The minimum absolute atomic E-state index is 0.534. The van der Waals surface area contributed by atoms with Crippen molar-refractivity contribution in [2.75, 3.05) is 0 Å². The van der Waals surface area contributed by atoms with Crippen molar-refractivity contribution in [1.29, 1.82) is 0 Å². The smallest absolute Gasteiger partial charge is 0.167 e. The summed E-state index contributed by atoms with van der Waals surface area (Å²) in [5, 5.41) is 9.09. The zero-order valence-corrected chi connectivity index (χ0v) is 31.1. The van der Waals surface area contributed by atoms with Crippen LogP contribution in [0.4, 0.5) is 0 Å². The van der Waals surface area contributed by atoms with Crippen molar-refractivity contribution in [3.05, 3.63) is 188 Å². The number of rotatable bonds is 5. The summed E-state index contributed by atoms with van der Waals surface area (Å²) in [6.07, 6.45) is 0. The van der Waals surface area contributed by atoms with E-state index >= 15 is 0 Å².